The lowest BCUT2D eigenvalue weighted by molar-refractivity contribution is -0.139. The number of rotatable bonds is 5. The molecule has 1 aliphatic rings. The van der Waals surface area contributed by atoms with Crippen LogP contribution in [0.3, 0.4) is 0 Å². The van der Waals surface area contributed by atoms with Crippen LogP contribution in [0.4, 0.5) is 13.2 Å². The van der Waals surface area contributed by atoms with Crippen molar-refractivity contribution in [3.8, 4) is 0 Å². The highest BCUT2D eigenvalue weighted by Gasteiger charge is 2.27. The van der Waals surface area contributed by atoms with Gasteiger partial charge in [-0.25, -0.2) is 0 Å². The lowest BCUT2D eigenvalue weighted by Gasteiger charge is -2.31. The summed E-state index contributed by atoms with van der Waals surface area (Å²) in [6.07, 6.45) is -0.348. The van der Waals surface area contributed by atoms with Crippen molar-refractivity contribution < 1.29 is 17.9 Å². The summed E-state index contributed by atoms with van der Waals surface area (Å²) in [5.74, 6) is 0. The second kappa shape index (κ2) is 6.45. The first-order valence-electron chi connectivity index (χ1n) is 5.88. The van der Waals surface area contributed by atoms with Gasteiger partial charge in [-0.05, 0) is 26.3 Å². The number of ether oxygens (including phenoxy) is 1. The van der Waals surface area contributed by atoms with E-state index in [9.17, 15) is 13.2 Å². The third-order valence-corrected chi connectivity index (χ3v) is 3.01. The van der Waals surface area contributed by atoms with E-state index in [0.29, 0.717) is 6.04 Å². The third-order valence-electron chi connectivity index (χ3n) is 3.01. The molecule has 5 heteroatoms. The number of halogens is 3. The second-order valence-electron chi connectivity index (χ2n) is 4.31. The molecule has 0 aromatic carbocycles. The van der Waals surface area contributed by atoms with E-state index in [2.05, 4.69) is 5.32 Å². The third kappa shape index (κ3) is 5.16. The molecule has 1 N–H and O–H groups in total. The lowest BCUT2D eigenvalue weighted by atomic mass is 9.92. The van der Waals surface area contributed by atoms with E-state index in [4.69, 9.17) is 4.74 Å². The summed E-state index contributed by atoms with van der Waals surface area (Å²) in [4.78, 5) is 0. The molecule has 2 unspecified atom stereocenters. The molecular formula is C11H20F3NO. The minimum atomic E-state index is -4.06. The van der Waals surface area contributed by atoms with Crippen LogP contribution in [0.5, 0.6) is 0 Å². The van der Waals surface area contributed by atoms with E-state index in [0.717, 1.165) is 19.3 Å². The van der Waals surface area contributed by atoms with Crippen LogP contribution in [0, 0.1) is 0 Å². The molecule has 1 aliphatic carbocycles. The molecular weight excluding hydrogens is 219 g/mol. The van der Waals surface area contributed by atoms with E-state index >= 15 is 0 Å². The molecule has 0 aromatic rings. The van der Waals surface area contributed by atoms with E-state index in [1.807, 2.05) is 7.05 Å². The fraction of sp³-hybridized carbons (Fsp3) is 1.00. The summed E-state index contributed by atoms with van der Waals surface area (Å²) >= 11 is 0. The van der Waals surface area contributed by atoms with Crippen LogP contribution in [-0.2, 0) is 4.74 Å². The van der Waals surface area contributed by atoms with Crippen LogP contribution in [0.15, 0.2) is 0 Å². The van der Waals surface area contributed by atoms with Crippen LogP contribution >= 0.6 is 0 Å². The predicted molar refractivity (Wildman–Crippen MR) is 56.3 cm³/mol. The highest BCUT2D eigenvalue weighted by atomic mass is 19.4. The Kier molecular flexibility index (Phi) is 5.55. The summed E-state index contributed by atoms with van der Waals surface area (Å²) in [7, 11) is 1.88. The van der Waals surface area contributed by atoms with Crippen molar-refractivity contribution in [1.82, 2.24) is 5.32 Å². The average molecular weight is 239 g/mol. The molecule has 0 aromatic heterocycles. The summed E-state index contributed by atoms with van der Waals surface area (Å²) in [5.41, 5.74) is 0. The van der Waals surface area contributed by atoms with Gasteiger partial charge in [0.05, 0.1) is 6.10 Å². The van der Waals surface area contributed by atoms with Crippen molar-refractivity contribution in [3.63, 3.8) is 0 Å². The van der Waals surface area contributed by atoms with Gasteiger partial charge in [0, 0.05) is 19.1 Å². The normalized spacial score (nSPS) is 27.0. The Morgan fingerprint density at radius 2 is 1.94 bits per heavy atom. The van der Waals surface area contributed by atoms with E-state index in [-0.39, 0.29) is 19.1 Å². The highest BCUT2D eigenvalue weighted by molar-refractivity contribution is 4.80. The van der Waals surface area contributed by atoms with Crippen molar-refractivity contribution in [1.29, 1.82) is 0 Å². The van der Waals surface area contributed by atoms with Crippen LogP contribution in [0.1, 0.15) is 38.5 Å². The fourth-order valence-corrected chi connectivity index (χ4v) is 2.13. The van der Waals surface area contributed by atoms with Gasteiger partial charge in [-0.15, -0.1) is 0 Å². The van der Waals surface area contributed by atoms with Crippen molar-refractivity contribution in [2.24, 2.45) is 0 Å². The largest absolute Gasteiger partial charge is 0.389 e. The first-order valence-corrected chi connectivity index (χ1v) is 5.88. The standard InChI is InChI=1S/C11H20F3NO/c1-15-9-5-2-3-6-10(9)16-8-4-7-11(12,13)14/h9-10,15H,2-8H2,1H3. The smallest absolute Gasteiger partial charge is 0.377 e. The molecule has 1 saturated carbocycles. The number of likely N-dealkylation sites (N-methyl/N-ethyl adjacent to an activating group) is 1. The van der Waals surface area contributed by atoms with E-state index in [1.54, 1.807) is 0 Å². The van der Waals surface area contributed by atoms with E-state index < -0.39 is 12.6 Å². The average Bonchev–Trinajstić information content (AvgIpc) is 2.23. The maximum Gasteiger partial charge on any atom is 0.389 e. The number of hydrogen-bond donors (Lipinski definition) is 1. The maximum atomic E-state index is 11.9. The van der Waals surface area contributed by atoms with Gasteiger partial charge in [0.25, 0.3) is 0 Å². The Labute approximate surface area is 94.5 Å². The molecule has 0 bridgehead atoms. The van der Waals surface area contributed by atoms with Gasteiger partial charge in [0.15, 0.2) is 0 Å². The fourth-order valence-electron chi connectivity index (χ4n) is 2.13. The minimum Gasteiger partial charge on any atom is -0.377 e. The Morgan fingerprint density at radius 1 is 1.25 bits per heavy atom. The summed E-state index contributed by atoms with van der Waals surface area (Å²) in [6, 6.07) is 0.305. The number of alkyl halides is 3. The second-order valence-corrected chi connectivity index (χ2v) is 4.31. The number of hydrogen-bond acceptors (Lipinski definition) is 2. The van der Waals surface area contributed by atoms with Gasteiger partial charge >= 0.3 is 6.18 Å². The summed E-state index contributed by atoms with van der Waals surface area (Å²) < 4.78 is 41.2. The van der Waals surface area contributed by atoms with Crippen LogP contribution in [0.2, 0.25) is 0 Å². The topological polar surface area (TPSA) is 21.3 Å². The summed E-state index contributed by atoms with van der Waals surface area (Å²) in [5, 5.41) is 3.16. The minimum absolute atomic E-state index is 0.0659. The maximum absolute atomic E-state index is 11.9. The zero-order valence-corrected chi connectivity index (χ0v) is 9.65. The van der Waals surface area contributed by atoms with E-state index in [1.165, 1.54) is 6.42 Å². The number of nitrogens with one attached hydrogen (secondary N) is 1. The lowest BCUT2D eigenvalue weighted by Crippen LogP contribution is -2.41. The van der Waals surface area contributed by atoms with Crippen molar-refractivity contribution in [2.75, 3.05) is 13.7 Å². The van der Waals surface area contributed by atoms with Gasteiger partial charge in [-0.2, -0.15) is 13.2 Å². The van der Waals surface area contributed by atoms with Crippen molar-refractivity contribution in [3.05, 3.63) is 0 Å². The Hall–Kier alpha value is -0.290. The van der Waals surface area contributed by atoms with Crippen molar-refractivity contribution >= 4 is 0 Å². The first-order chi connectivity index (χ1) is 7.53. The molecule has 0 aliphatic heterocycles. The molecule has 0 heterocycles. The Balaban J connectivity index is 2.15. The first kappa shape index (κ1) is 13.8. The monoisotopic (exact) mass is 239 g/mol. The molecule has 2 nitrogen and oxygen atoms in total. The molecule has 0 saturated heterocycles. The van der Waals surface area contributed by atoms with Crippen LogP contribution < -0.4 is 5.32 Å². The van der Waals surface area contributed by atoms with Crippen molar-refractivity contribution in [2.45, 2.75) is 56.8 Å². The molecule has 0 spiro atoms. The zero-order valence-electron chi connectivity index (χ0n) is 9.65. The molecule has 16 heavy (non-hydrogen) atoms. The van der Waals surface area contributed by atoms with Gasteiger partial charge < -0.3 is 10.1 Å². The zero-order chi connectivity index (χ0) is 12.0. The van der Waals surface area contributed by atoms with Gasteiger partial charge in [0.1, 0.15) is 0 Å². The molecule has 1 fully saturated rings. The molecule has 0 radical (unpaired) electrons. The quantitative estimate of drug-likeness (QED) is 0.745. The van der Waals surface area contributed by atoms with Crippen LogP contribution in [0.25, 0.3) is 0 Å². The Morgan fingerprint density at radius 3 is 2.56 bits per heavy atom. The molecule has 96 valence electrons. The molecule has 0 amide bonds. The highest BCUT2D eigenvalue weighted by Crippen LogP contribution is 2.23. The van der Waals surface area contributed by atoms with Crippen LogP contribution in [-0.4, -0.2) is 32.0 Å². The SMILES string of the molecule is CNC1CCCCC1OCCCC(F)(F)F. The van der Waals surface area contributed by atoms with Gasteiger partial charge in [0.2, 0.25) is 0 Å². The van der Waals surface area contributed by atoms with Gasteiger partial charge in [-0.1, -0.05) is 12.8 Å². The Bertz CT molecular complexity index is 196. The van der Waals surface area contributed by atoms with Gasteiger partial charge in [-0.3, -0.25) is 0 Å². The predicted octanol–water partition coefficient (Wildman–Crippen LogP) is 2.88. The molecule has 2 atom stereocenters. The molecule has 1 rings (SSSR count). The summed E-state index contributed by atoms with van der Waals surface area (Å²) in [6.45, 7) is 0.211.